The molecule has 0 atom stereocenters. The Labute approximate surface area is 180 Å². The minimum atomic E-state index is -4.42. The van der Waals surface area contributed by atoms with Crippen LogP contribution >= 0.6 is 23.2 Å². The third-order valence-electron chi connectivity index (χ3n) is 5.08. The van der Waals surface area contributed by atoms with Gasteiger partial charge in [-0.3, -0.25) is 9.69 Å². The van der Waals surface area contributed by atoms with Gasteiger partial charge in [0.1, 0.15) is 5.82 Å². The molecule has 0 aliphatic carbocycles. The maximum Gasteiger partial charge on any atom is 0.416 e. The van der Waals surface area contributed by atoms with E-state index in [-0.39, 0.29) is 11.4 Å². The smallest absolute Gasteiger partial charge is 0.306 e. The Balaban J connectivity index is 1.61. The summed E-state index contributed by atoms with van der Waals surface area (Å²) in [6.45, 7) is 1.55. The number of aromatic amines is 1. The molecule has 0 amide bonds. The standard InChI is InChI=1S/C21H16Cl2F3N3O/c22-16-2-1-3-17(23)15(16)10-29-9-8-14-18(11-29)27-19(28-20(14)30)12-4-6-13(7-5-12)21(24,25)26/h1-7H,8-11H2,(H,27,28,30). The number of hydrogen-bond donors (Lipinski definition) is 1. The molecule has 2 aromatic carbocycles. The van der Waals surface area contributed by atoms with Crippen molar-refractivity contribution in [2.45, 2.75) is 25.7 Å². The van der Waals surface area contributed by atoms with Crippen molar-refractivity contribution in [1.82, 2.24) is 14.9 Å². The van der Waals surface area contributed by atoms with Crippen LogP contribution in [0.2, 0.25) is 10.0 Å². The predicted molar refractivity (Wildman–Crippen MR) is 110 cm³/mol. The van der Waals surface area contributed by atoms with Crippen molar-refractivity contribution in [3.63, 3.8) is 0 Å². The molecule has 1 aliphatic heterocycles. The average molecular weight is 454 g/mol. The number of aromatic nitrogens is 2. The molecule has 0 bridgehead atoms. The molecule has 4 rings (SSSR count). The topological polar surface area (TPSA) is 49.0 Å². The summed E-state index contributed by atoms with van der Waals surface area (Å²) in [6.07, 6.45) is -3.91. The molecule has 3 aromatic rings. The zero-order valence-electron chi connectivity index (χ0n) is 15.6. The van der Waals surface area contributed by atoms with Gasteiger partial charge in [-0.1, -0.05) is 41.4 Å². The van der Waals surface area contributed by atoms with Crippen molar-refractivity contribution >= 4 is 23.2 Å². The van der Waals surface area contributed by atoms with Crippen LogP contribution in [0.5, 0.6) is 0 Å². The van der Waals surface area contributed by atoms with E-state index in [0.717, 1.165) is 17.7 Å². The lowest BCUT2D eigenvalue weighted by Crippen LogP contribution is -2.35. The Kier molecular flexibility index (Phi) is 5.61. The average Bonchev–Trinajstić information content (AvgIpc) is 2.70. The van der Waals surface area contributed by atoms with E-state index in [2.05, 4.69) is 14.9 Å². The fourth-order valence-electron chi connectivity index (χ4n) is 3.49. The second-order valence-electron chi connectivity index (χ2n) is 7.08. The lowest BCUT2D eigenvalue weighted by molar-refractivity contribution is -0.137. The molecular formula is C21H16Cl2F3N3O. The Morgan fingerprint density at radius 2 is 1.73 bits per heavy atom. The van der Waals surface area contributed by atoms with Gasteiger partial charge in [-0.2, -0.15) is 13.2 Å². The molecule has 30 heavy (non-hydrogen) atoms. The third-order valence-corrected chi connectivity index (χ3v) is 5.79. The minimum Gasteiger partial charge on any atom is -0.306 e. The molecule has 0 fully saturated rings. The van der Waals surface area contributed by atoms with Gasteiger partial charge < -0.3 is 4.98 Å². The summed E-state index contributed by atoms with van der Waals surface area (Å²) in [5.74, 6) is 0.241. The van der Waals surface area contributed by atoms with Gasteiger partial charge in [0.25, 0.3) is 5.56 Å². The quantitative estimate of drug-likeness (QED) is 0.583. The van der Waals surface area contributed by atoms with E-state index in [1.54, 1.807) is 18.2 Å². The van der Waals surface area contributed by atoms with Crippen LogP contribution in [0.1, 0.15) is 22.4 Å². The van der Waals surface area contributed by atoms with E-state index in [9.17, 15) is 18.0 Å². The first-order valence-corrected chi connectivity index (χ1v) is 9.93. The van der Waals surface area contributed by atoms with E-state index in [1.165, 1.54) is 12.1 Å². The zero-order chi connectivity index (χ0) is 21.5. The van der Waals surface area contributed by atoms with E-state index in [0.29, 0.717) is 52.9 Å². The van der Waals surface area contributed by atoms with Gasteiger partial charge in [0, 0.05) is 46.4 Å². The first-order chi connectivity index (χ1) is 14.2. The second-order valence-corrected chi connectivity index (χ2v) is 7.89. The van der Waals surface area contributed by atoms with Crippen molar-refractivity contribution < 1.29 is 13.2 Å². The van der Waals surface area contributed by atoms with E-state index < -0.39 is 11.7 Å². The number of halogens is 5. The summed E-state index contributed by atoms with van der Waals surface area (Å²) in [6, 6.07) is 9.87. The summed E-state index contributed by atoms with van der Waals surface area (Å²) >= 11 is 12.5. The van der Waals surface area contributed by atoms with Crippen LogP contribution in [0.25, 0.3) is 11.4 Å². The van der Waals surface area contributed by atoms with Gasteiger partial charge in [0.2, 0.25) is 0 Å². The van der Waals surface area contributed by atoms with Crippen LogP contribution in [0.3, 0.4) is 0 Å². The van der Waals surface area contributed by atoms with Gasteiger partial charge in [0.15, 0.2) is 0 Å². The van der Waals surface area contributed by atoms with Gasteiger partial charge in [-0.05, 0) is 30.7 Å². The van der Waals surface area contributed by atoms with Crippen molar-refractivity contribution in [3.05, 3.63) is 85.2 Å². The molecule has 0 radical (unpaired) electrons. The SMILES string of the molecule is O=c1[nH]c(-c2ccc(C(F)(F)F)cc2)nc2c1CCN(Cc1c(Cl)cccc1Cl)C2. The van der Waals surface area contributed by atoms with Crippen LogP contribution in [-0.4, -0.2) is 21.4 Å². The monoisotopic (exact) mass is 453 g/mol. The molecule has 0 spiro atoms. The highest BCUT2D eigenvalue weighted by molar-refractivity contribution is 6.35. The van der Waals surface area contributed by atoms with Crippen LogP contribution in [0, 0.1) is 0 Å². The Morgan fingerprint density at radius 1 is 1.07 bits per heavy atom. The van der Waals surface area contributed by atoms with Crippen LogP contribution in [0.4, 0.5) is 13.2 Å². The Bertz CT molecular complexity index is 1120. The molecule has 0 unspecified atom stereocenters. The van der Waals surface area contributed by atoms with Gasteiger partial charge in [0.05, 0.1) is 11.3 Å². The lowest BCUT2D eigenvalue weighted by Gasteiger charge is -2.28. The van der Waals surface area contributed by atoms with Gasteiger partial charge in [-0.15, -0.1) is 0 Å². The molecular weight excluding hydrogens is 438 g/mol. The molecule has 156 valence electrons. The van der Waals surface area contributed by atoms with E-state index in [1.807, 2.05) is 0 Å². The Hall–Kier alpha value is -2.35. The number of nitrogens with one attached hydrogen (secondary N) is 1. The number of fused-ring (bicyclic) bond motifs is 1. The number of nitrogens with zero attached hydrogens (tertiary/aromatic N) is 2. The molecule has 0 saturated carbocycles. The van der Waals surface area contributed by atoms with Gasteiger partial charge in [-0.25, -0.2) is 4.98 Å². The van der Waals surface area contributed by atoms with Crippen LogP contribution in [-0.2, 0) is 25.7 Å². The summed E-state index contributed by atoms with van der Waals surface area (Å²) in [5, 5.41) is 1.13. The highest BCUT2D eigenvalue weighted by Crippen LogP contribution is 2.31. The zero-order valence-corrected chi connectivity index (χ0v) is 17.1. The normalized spacial score (nSPS) is 14.6. The molecule has 1 aliphatic rings. The molecule has 1 aromatic heterocycles. The highest BCUT2D eigenvalue weighted by atomic mass is 35.5. The maximum atomic E-state index is 12.8. The van der Waals surface area contributed by atoms with Crippen molar-refractivity contribution in [2.75, 3.05) is 6.54 Å². The first kappa shape index (κ1) is 20.9. The van der Waals surface area contributed by atoms with E-state index >= 15 is 0 Å². The number of H-pyrrole nitrogens is 1. The summed E-state index contributed by atoms with van der Waals surface area (Å²) < 4.78 is 38.4. The molecule has 9 heteroatoms. The number of benzene rings is 2. The minimum absolute atomic E-state index is 0.241. The van der Waals surface area contributed by atoms with E-state index in [4.69, 9.17) is 23.2 Å². The molecule has 2 heterocycles. The molecule has 0 saturated heterocycles. The van der Waals surface area contributed by atoms with Gasteiger partial charge >= 0.3 is 6.18 Å². The highest BCUT2D eigenvalue weighted by Gasteiger charge is 2.30. The number of alkyl halides is 3. The lowest BCUT2D eigenvalue weighted by atomic mass is 10.0. The van der Waals surface area contributed by atoms with Crippen molar-refractivity contribution in [3.8, 4) is 11.4 Å². The van der Waals surface area contributed by atoms with Crippen LogP contribution < -0.4 is 5.56 Å². The largest absolute Gasteiger partial charge is 0.416 e. The number of hydrogen-bond acceptors (Lipinski definition) is 3. The molecule has 1 N–H and O–H groups in total. The summed E-state index contributed by atoms with van der Waals surface area (Å²) in [4.78, 5) is 21.8. The summed E-state index contributed by atoms with van der Waals surface area (Å²) in [5.41, 5.74) is 1.38. The Morgan fingerprint density at radius 3 is 2.37 bits per heavy atom. The van der Waals surface area contributed by atoms with Crippen molar-refractivity contribution in [1.29, 1.82) is 0 Å². The fourth-order valence-corrected chi connectivity index (χ4v) is 4.01. The fraction of sp³-hybridized carbons (Fsp3) is 0.238. The van der Waals surface area contributed by atoms with Crippen LogP contribution in [0.15, 0.2) is 47.3 Å². The third kappa shape index (κ3) is 4.24. The van der Waals surface area contributed by atoms with Crippen molar-refractivity contribution in [2.24, 2.45) is 0 Å². The summed E-state index contributed by atoms with van der Waals surface area (Å²) in [7, 11) is 0. The maximum absolute atomic E-state index is 12.8. The predicted octanol–water partition coefficient (Wildman–Crippen LogP) is 5.32. The molecule has 4 nitrogen and oxygen atoms in total. The number of rotatable bonds is 3. The second kappa shape index (κ2) is 8.06. The first-order valence-electron chi connectivity index (χ1n) is 9.17.